The van der Waals surface area contributed by atoms with Gasteiger partial charge in [0.15, 0.2) is 11.8 Å². The van der Waals surface area contributed by atoms with Gasteiger partial charge in [-0.2, -0.15) is 0 Å². The van der Waals surface area contributed by atoms with E-state index >= 15 is 0 Å². The third-order valence-corrected chi connectivity index (χ3v) is 7.09. The van der Waals surface area contributed by atoms with E-state index in [0.717, 1.165) is 43.5 Å². The normalized spacial score (nSPS) is 18.9. The topological polar surface area (TPSA) is 70.4 Å². The highest BCUT2D eigenvalue weighted by atomic mass is 127. The molecule has 30 heavy (non-hydrogen) atoms. The van der Waals surface area contributed by atoms with E-state index in [4.69, 9.17) is 4.99 Å². The van der Waals surface area contributed by atoms with Crippen LogP contribution < -0.4 is 15.5 Å². The number of aromatic nitrogens is 3. The van der Waals surface area contributed by atoms with Crippen molar-refractivity contribution in [3.05, 3.63) is 29.2 Å². The molecule has 1 saturated heterocycles. The number of nitrogens with zero attached hydrogens (tertiary/aromatic N) is 5. The first-order valence-corrected chi connectivity index (χ1v) is 11.8. The molecular formula is C21H34IN7S. The highest BCUT2D eigenvalue weighted by Crippen LogP contribution is 2.25. The minimum Gasteiger partial charge on any atom is -0.363 e. The molecule has 3 heterocycles. The second kappa shape index (κ2) is 11.3. The second-order valence-corrected chi connectivity index (χ2v) is 9.15. The quantitative estimate of drug-likeness (QED) is 0.341. The van der Waals surface area contributed by atoms with Crippen molar-refractivity contribution in [3.8, 4) is 0 Å². The Morgan fingerprint density at radius 2 is 1.80 bits per heavy atom. The zero-order chi connectivity index (χ0) is 20.1. The Hall–Kier alpha value is -1.36. The van der Waals surface area contributed by atoms with Gasteiger partial charge in [-0.1, -0.05) is 19.3 Å². The Morgan fingerprint density at radius 3 is 2.40 bits per heavy atom. The lowest BCUT2D eigenvalue weighted by Gasteiger charge is -2.34. The molecule has 0 amide bonds. The van der Waals surface area contributed by atoms with E-state index in [-0.39, 0.29) is 24.0 Å². The first-order valence-electron chi connectivity index (χ1n) is 10.9. The maximum Gasteiger partial charge on any atom is 0.192 e. The van der Waals surface area contributed by atoms with Crippen LogP contribution in [-0.2, 0) is 13.6 Å². The summed E-state index contributed by atoms with van der Waals surface area (Å²) in [5, 5.41) is 19.4. The van der Waals surface area contributed by atoms with E-state index in [0.29, 0.717) is 18.6 Å². The van der Waals surface area contributed by atoms with Crippen LogP contribution in [0.15, 0.2) is 22.5 Å². The van der Waals surface area contributed by atoms with Crippen LogP contribution in [0, 0.1) is 6.92 Å². The number of halogens is 1. The van der Waals surface area contributed by atoms with E-state index in [2.05, 4.69) is 43.2 Å². The summed E-state index contributed by atoms with van der Waals surface area (Å²) < 4.78 is 2.02. The van der Waals surface area contributed by atoms with Crippen molar-refractivity contribution in [1.82, 2.24) is 25.4 Å². The van der Waals surface area contributed by atoms with Crippen molar-refractivity contribution in [2.45, 2.75) is 70.5 Å². The molecule has 0 radical (unpaired) electrons. The van der Waals surface area contributed by atoms with Crippen molar-refractivity contribution >= 4 is 46.3 Å². The van der Waals surface area contributed by atoms with E-state index in [1.807, 2.05) is 29.9 Å². The number of thiophene rings is 1. The fraction of sp³-hybridized carbons (Fsp3) is 0.667. The summed E-state index contributed by atoms with van der Waals surface area (Å²) >= 11 is 1.83. The molecule has 0 atom stereocenters. The summed E-state index contributed by atoms with van der Waals surface area (Å²) in [4.78, 5) is 7.38. The third-order valence-electron chi connectivity index (χ3n) is 6.16. The largest absolute Gasteiger partial charge is 0.363 e. The van der Waals surface area contributed by atoms with E-state index < -0.39 is 0 Å². The van der Waals surface area contributed by atoms with Gasteiger partial charge in [-0.25, -0.2) is 4.99 Å². The molecule has 0 spiro atoms. The smallest absolute Gasteiger partial charge is 0.192 e. The van der Waals surface area contributed by atoms with Crippen molar-refractivity contribution in [3.63, 3.8) is 0 Å². The number of aliphatic imine (C=N–C) groups is 1. The number of aryl methyl sites for hydroxylation is 1. The van der Waals surface area contributed by atoms with Gasteiger partial charge in [-0.3, -0.25) is 0 Å². The monoisotopic (exact) mass is 543 g/mol. The number of piperidine rings is 1. The number of hydrogen-bond acceptors (Lipinski definition) is 5. The molecular weight excluding hydrogens is 509 g/mol. The minimum atomic E-state index is 0. The van der Waals surface area contributed by atoms with Gasteiger partial charge in [0.2, 0.25) is 0 Å². The summed E-state index contributed by atoms with van der Waals surface area (Å²) in [5.74, 6) is 2.76. The zero-order valence-electron chi connectivity index (χ0n) is 18.0. The van der Waals surface area contributed by atoms with Gasteiger partial charge in [0, 0.05) is 32.2 Å². The number of rotatable bonds is 5. The van der Waals surface area contributed by atoms with Crippen LogP contribution in [0.25, 0.3) is 0 Å². The fourth-order valence-electron chi connectivity index (χ4n) is 4.20. The molecule has 2 N–H and O–H groups in total. The van der Waals surface area contributed by atoms with Gasteiger partial charge in [0.1, 0.15) is 12.4 Å². The van der Waals surface area contributed by atoms with Crippen LogP contribution in [0.2, 0.25) is 0 Å². The van der Waals surface area contributed by atoms with Crippen molar-refractivity contribution in [1.29, 1.82) is 0 Å². The second-order valence-electron chi connectivity index (χ2n) is 8.22. The zero-order valence-corrected chi connectivity index (χ0v) is 21.2. The van der Waals surface area contributed by atoms with Crippen molar-refractivity contribution in [2.75, 3.05) is 18.0 Å². The summed E-state index contributed by atoms with van der Waals surface area (Å²) in [6, 6.07) is 5.35. The van der Waals surface area contributed by atoms with Crippen LogP contribution in [0.1, 0.15) is 56.6 Å². The van der Waals surface area contributed by atoms with E-state index in [1.54, 1.807) is 0 Å². The van der Waals surface area contributed by atoms with Gasteiger partial charge < -0.3 is 20.1 Å². The molecule has 0 unspecified atom stereocenters. The Labute approximate surface area is 200 Å². The summed E-state index contributed by atoms with van der Waals surface area (Å²) in [7, 11) is 2.00. The lowest BCUT2D eigenvalue weighted by molar-refractivity contribution is 0.401. The number of hydrogen-bond donors (Lipinski definition) is 2. The number of anilines is 1. The first-order chi connectivity index (χ1) is 14.2. The Balaban J connectivity index is 0.00000256. The van der Waals surface area contributed by atoms with Gasteiger partial charge in [0.25, 0.3) is 0 Å². The van der Waals surface area contributed by atoms with Crippen molar-refractivity contribution < 1.29 is 0 Å². The molecule has 4 rings (SSSR count). The molecule has 0 bridgehead atoms. The predicted octanol–water partition coefficient (Wildman–Crippen LogP) is 3.84. The van der Waals surface area contributed by atoms with Crippen LogP contribution in [0.4, 0.5) is 5.00 Å². The molecule has 2 aromatic rings. The molecule has 2 aliphatic rings. The Kier molecular flexibility index (Phi) is 8.79. The van der Waals surface area contributed by atoms with Gasteiger partial charge >= 0.3 is 0 Å². The average molecular weight is 544 g/mol. The van der Waals surface area contributed by atoms with Crippen LogP contribution in [0.3, 0.4) is 0 Å². The van der Waals surface area contributed by atoms with Crippen molar-refractivity contribution in [2.24, 2.45) is 12.0 Å². The predicted molar refractivity (Wildman–Crippen MR) is 135 cm³/mol. The van der Waals surface area contributed by atoms with Crippen LogP contribution in [-0.4, -0.2) is 45.9 Å². The highest BCUT2D eigenvalue weighted by molar-refractivity contribution is 14.0. The van der Waals surface area contributed by atoms with Gasteiger partial charge in [0.05, 0.1) is 5.00 Å². The molecule has 7 nitrogen and oxygen atoms in total. The van der Waals surface area contributed by atoms with Crippen LogP contribution >= 0.6 is 35.3 Å². The molecule has 2 aromatic heterocycles. The average Bonchev–Trinajstić information content (AvgIpc) is 3.39. The molecule has 9 heteroatoms. The standard InChI is InChI=1S/C21H33N7S.HI/c1-16-25-26-19(27(16)2)15-22-21(23-17-7-4-3-5-8-17)24-18-10-12-28(13-11-18)20-9-6-14-29-20;/h6,9,14,17-18H,3-5,7-8,10-13,15H2,1-2H3,(H2,22,23,24);1H. The fourth-order valence-corrected chi connectivity index (χ4v) is 4.98. The Bertz CT molecular complexity index is 790. The molecule has 1 saturated carbocycles. The van der Waals surface area contributed by atoms with Gasteiger partial charge in [-0.15, -0.1) is 45.5 Å². The van der Waals surface area contributed by atoms with E-state index in [9.17, 15) is 0 Å². The molecule has 2 fully saturated rings. The summed E-state index contributed by atoms with van der Waals surface area (Å²) in [5.41, 5.74) is 0. The lowest BCUT2D eigenvalue weighted by Crippen LogP contribution is -2.51. The summed E-state index contributed by atoms with van der Waals surface area (Å²) in [6.07, 6.45) is 8.72. The lowest BCUT2D eigenvalue weighted by atomic mass is 9.95. The maximum atomic E-state index is 4.88. The number of guanidine groups is 1. The third kappa shape index (κ3) is 6.09. The number of nitrogens with one attached hydrogen (secondary N) is 2. The van der Waals surface area contributed by atoms with Crippen LogP contribution in [0.5, 0.6) is 0 Å². The Morgan fingerprint density at radius 1 is 1.10 bits per heavy atom. The molecule has 166 valence electrons. The summed E-state index contributed by atoms with van der Waals surface area (Å²) in [6.45, 7) is 4.71. The van der Waals surface area contributed by atoms with Gasteiger partial charge in [-0.05, 0) is 50.1 Å². The SMILES string of the molecule is Cc1nnc(CN=C(NC2CCCCC2)NC2CCN(c3cccs3)CC2)n1C.I. The molecule has 1 aliphatic heterocycles. The van der Waals surface area contributed by atoms with E-state index in [1.165, 1.54) is 37.1 Å². The molecule has 1 aliphatic carbocycles. The highest BCUT2D eigenvalue weighted by Gasteiger charge is 2.22. The minimum absolute atomic E-state index is 0. The first kappa shape index (κ1) is 23.3. The maximum absolute atomic E-state index is 4.88. The molecule has 0 aromatic carbocycles.